The van der Waals surface area contributed by atoms with E-state index in [0.717, 1.165) is 36.8 Å². The maximum absolute atomic E-state index is 14.1. The van der Waals surface area contributed by atoms with E-state index in [0.29, 0.717) is 24.9 Å². The standard InChI is InChI=1S/C35H46N2O7/c1-4-40-22-34(42-35(44-43-34)28-17-25-16-26(19-28)20-29(35)18-25)31(27-13-9-6-10-14-27)37-32(38)30(15-23(2)3)36-33(39)41-21-24-11-7-5-8-12-24/h5-14,23,25-26,28-31H,4,15-22H2,1-3H3,(H,36,39)(H,37,38)/t25?,26?,28?,29?,30-,31-,34-,35?/m0/s1. The summed E-state index contributed by atoms with van der Waals surface area (Å²) in [5.74, 6) is -0.604. The lowest BCUT2D eigenvalue weighted by molar-refractivity contribution is -0.392. The number of carbonyl (C=O) groups excluding carboxylic acids is 2. The first-order valence-corrected chi connectivity index (χ1v) is 16.3. The van der Waals surface area contributed by atoms with Crippen LogP contribution in [0.1, 0.15) is 76.5 Å². The predicted molar refractivity (Wildman–Crippen MR) is 163 cm³/mol. The van der Waals surface area contributed by atoms with Gasteiger partial charge in [0.05, 0.1) is 0 Å². The highest BCUT2D eigenvalue weighted by atomic mass is 17.3. The number of benzene rings is 2. The van der Waals surface area contributed by atoms with Gasteiger partial charge in [-0.25, -0.2) is 4.79 Å². The van der Waals surface area contributed by atoms with E-state index in [-0.39, 0.29) is 36.9 Å². The number of carbonyl (C=O) groups is 2. The van der Waals surface area contributed by atoms with Crippen LogP contribution in [0.2, 0.25) is 0 Å². The zero-order chi connectivity index (χ0) is 30.7. The molecule has 9 heteroatoms. The van der Waals surface area contributed by atoms with Crippen molar-refractivity contribution in [3.63, 3.8) is 0 Å². The zero-order valence-electron chi connectivity index (χ0n) is 26.0. The van der Waals surface area contributed by atoms with Gasteiger partial charge in [0.25, 0.3) is 5.79 Å². The van der Waals surface area contributed by atoms with Crippen molar-refractivity contribution in [2.24, 2.45) is 29.6 Å². The molecule has 7 rings (SSSR count). The maximum Gasteiger partial charge on any atom is 0.408 e. The second-order valence-corrected chi connectivity index (χ2v) is 13.5. The van der Waals surface area contributed by atoms with Crippen molar-refractivity contribution in [3.8, 4) is 0 Å². The molecule has 2 aromatic carbocycles. The average Bonchev–Trinajstić information content (AvgIpc) is 3.42. The normalized spacial score (nSPS) is 31.6. The van der Waals surface area contributed by atoms with Crippen LogP contribution in [0, 0.1) is 29.6 Å². The van der Waals surface area contributed by atoms with Crippen molar-refractivity contribution in [3.05, 3.63) is 71.8 Å². The number of alkyl carbamates (subject to hydrolysis) is 1. The summed E-state index contributed by atoms with van der Waals surface area (Å²) in [4.78, 5) is 39.6. The molecule has 1 aliphatic heterocycles. The van der Waals surface area contributed by atoms with E-state index in [4.69, 9.17) is 24.0 Å². The van der Waals surface area contributed by atoms with Gasteiger partial charge in [0.15, 0.2) is 0 Å². The molecule has 1 spiro atoms. The molecule has 0 aromatic heterocycles. The van der Waals surface area contributed by atoms with E-state index in [1.807, 2.05) is 81.4 Å². The Bertz CT molecular complexity index is 1240. The highest BCUT2D eigenvalue weighted by Crippen LogP contribution is 2.63. The minimum atomic E-state index is -1.42. The Labute approximate surface area is 260 Å². The zero-order valence-corrected chi connectivity index (χ0v) is 26.0. The fourth-order valence-corrected chi connectivity index (χ4v) is 8.02. The molecule has 4 aliphatic carbocycles. The smallest absolute Gasteiger partial charge is 0.408 e. The molecule has 5 aliphatic rings. The van der Waals surface area contributed by atoms with Crippen molar-refractivity contribution >= 4 is 12.0 Å². The minimum Gasteiger partial charge on any atom is -0.445 e. The molecule has 0 radical (unpaired) electrons. The van der Waals surface area contributed by atoms with Crippen LogP contribution in [-0.4, -0.2) is 42.8 Å². The molecule has 2 aromatic rings. The molecule has 0 unspecified atom stereocenters. The number of ether oxygens (including phenoxy) is 3. The second-order valence-electron chi connectivity index (χ2n) is 13.5. The Morgan fingerprint density at radius 1 is 0.886 bits per heavy atom. The Morgan fingerprint density at radius 3 is 2.14 bits per heavy atom. The quantitative estimate of drug-likeness (QED) is 0.284. The Kier molecular flexibility index (Phi) is 9.29. The van der Waals surface area contributed by atoms with E-state index in [2.05, 4.69) is 10.6 Å². The lowest BCUT2D eigenvalue weighted by Crippen LogP contribution is -2.61. The summed E-state index contributed by atoms with van der Waals surface area (Å²) in [7, 11) is 0. The van der Waals surface area contributed by atoms with Crippen molar-refractivity contribution in [2.75, 3.05) is 13.2 Å². The lowest BCUT2D eigenvalue weighted by Gasteiger charge is -2.57. The van der Waals surface area contributed by atoms with E-state index in [1.165, 1.54) is 6.42 Å². The van der Waals surface area contributed by atoms with Crippen molar-refractivity contribution in [1.82, 2.24) is 10.6 Å². The molecule has 1 heterocycles. The Hall–Kier alpha value is -2.98. The van der Waals surface area contributed by atoms with Gasteiger partial charge in [-0.15, -0.1) is 0 Å². The van der Waals surface area contributed by atoms with Crippen molar-refractivity contribution < 1.29 is 33.6 Å². The maximum atomic E-state index is 14.1. The summed E-state index contributed by atoms with van der Waals surface area (Å²) < 4.78 is 18.5. The van der Waals surface area contributed by atoms with Crippen LogP contribution in [0.15, 0.2) is 60.7 Å². The first kappa shape index (κ1) is 31.0. The minimum absolute atomic E-state index is 0.0682. The average molecular weight is 607 g/mol. The van der Waals surface area contributed by atoms with Gasteiger partial charge in [-0.2, -0.15) is 9.78 Å². The van der Waals surface area contributed by atoms with Crippen molar-refractivity contribution in [2.45, 2.75) is 89.6 Å². The predicted octanol–water partition coefficient (Wildman–Crippen LogP) is 6.05. The van der Waals surface area contributed by atoms with Gasteiger partial charge >= 0.3 is 6.09 Å². The van der Waals surface area contributed by atoms with Crippen LogP contribution in [0.4, 0.5) is 4.79 Å². The first-order chi connectivity index (χ1) is 21.3. The summed E-state index contributed by atoms with van der Waals surface area (Å²) in [5, 5.41) is 6.00. The number of hydrogen-bond acceptors (Lipinski definition) is 7. The van der Waals surface area contributed by atoms with Crippen LogP contribution < -0.4 is 10.6 Å². The number of nitrogens with one attached hydrogen (secondary N) is 2. The van der Waals surface area contributed by atoms with Gasteiger partial charge in [-0.3, -0.25) is 4.79 Å². The second kappa shape index (κ2) is 13.2. The fourth-order valence-electron chi connectivity index (χ4n) is 8.02. The number of hydrogen-bond donors (Lipinski definition) is 2. The molecule has 5 fully saturated rings. The third-order valence-corrected chi connectivity index (χ3v) is 9.82. The molecule has 2 amide bonds. The molecule has 4 bridgehead atoms. The SMILES string of the molecule is CCOC[C@@]1([C@@H](NC(=O)[C@H](CC(C)C)NC(=O)OCc2ccccc2)c2ccccc2)OOC2(O1)C1CC3CC(C1)CC2C3. The van der Waals surface area contributed by atoms with E-state index >= 15 is 0 Å². The fraction of sp³-hybridized carbons (Fsp3) is 0.600. The summed E-state index contributed by atoms with van der Waals surface area (Å²) in [6.07, 6.45) is 5.32. The van der Waals surface area contributed by atoms with Gasteiger partial charge in [-0.05, 0) is 74.3 Å². The lowest BCUT2D eigenvalue weighted by atomic mass is 9.53. The summed E-state index contributed by atoms with van der Waals surface area (Å²) in [6, 6.07) is 17.5. The monoisotopic (exact) mass is 606 g/mol. The van der Waals surface area contributed by atoms with Crippen LogP contribution >= 0.6 is 0 Å². The molecule has 4 saturated carbocycles. The molecular formula is C35H46N2O7. The molecule has 3 atom stereocenters. The van der Waals surface area contributed by atoms with Gasteiger partial charge in [0.1, 0.15) is 25.3 Å². The topological polar surface area (TPSA) is 104 Å². The van der Waals surface area contributed by atoms with E-state index in [9.17, 15) is 9.59 Å². The largest absolute Gasteiger partial charge is 0.445 e. The highest BCUT2D eigenvalue weighted by Gasteiger charge is 2.68. The van der Waals surface area contributed by atoms with Crippen LogP contribution in [0.25, 0.3) is 0 Å². The Balaban J connectivity index is 1.25. The number of amides is 2. The third-order valence-electron chi connectivity index (χ3n) is 9.82. The van der Waals surface area contributed by atoms with Gasteiger partial charge < -0.3 is 24.8 Å². The summed E-state index contributed by atoms with van der Waals surface area (Å²) in [5.41, 5.74) is 1.66. The third kappa shape index (κ3) is 6.38. The molecule has 2 N–H and O–H groups in total. The van der Waals surface area contributed by atoms with Crippen LogP contribution in [-0.2, 0) is 35.4 Å². The highest BCUT2D eigenvalue weighted by molar-refractivity contribution is 5.86. The van der Waals surface area contributed by atoms with Crippen molar-refractivity contribution in [1.29, 1.82) is 0 Å². The molecule has 1 saturated heterocycles. The van der Waals surface area contributed by atoms with Gasteiger partial charge in [-0.1, -0.05) is 74.5 Å². The Morgan fingerprint density at radius 2 is 1.52 bits per heavy atom. The summed E-state index contributed by atoms with van der Waals surface area (Å²) in [6.45, 7) is 6.56. The molecule has 44 heavy (non-hydrogen) atoms. The summed E-state index contributed by atoms with van der Waals surface area (Å²) >= 11 is 0. The molecule has 238 valence electrons. The van der Waals surface area contributed by atoms with Crippen LogP contribution in [0.5, 0.6) is 0 Å². The van der Waals surface area contributed by atoms with Gasteiger partial charge in [0, 0.05) is 18.4 Å². The molecular weight excluding hydrogens is 560 g/mol. The van der Waals surface area contributed by atoms with E-state index < -0.39 is 29.8 Å². The van der Waals surface area contributed by atoms with Gasteiger partial charge in [0.2, 0.25) is 11.7 Å². The van der Waals surface area contributed by atoms with E-state index in [1.54, 1.807) is 0 Å². The first-order valence-electron chi connectivity index (χ1n) is 16.3. The number of rotatable bonds is 12. The van der Waals surface area contributed by atoms with Crippen LogP contribution in [0.3, 0.4) is 0 Å². The molecule has 9 nitrogen and oxygen atoms in total.